The van der Waals surface area contributed by atoms with Gasteiger partial charge in [0.1, 0.15) is 0 Å². The summed E-state index contributed by atoms with van der Waals surface area (Å²) in [6.07, 6.45) is 2.47. The van der Waals surface area contributed by atoms with Gasteiger partial charge in [-0.05, 0) is 32.9 Å². The molecular formula is C11H22N2O2. The number of carbonyl (C=O) groups is 1. The summed E-state index contributed by atoms with van der Waals surface area (Å²) in [6, 6.07) is 0.676. The van der Waals surface area contributed by atoms with E-state index in [9.17, 15) is 4.79 Å². The molecule has 0 aromatic heterocycles. The predicted octanol–water partition coefficient (Wildman–Crippen LogP) is 0.923. The summed E-state index contributed by atoms with van der Waals surface area (Å²) in [6.45, 7) is 7.25. The first kappa shape index (κ1) is 12.5. The molecule has 0 aromatic rings. The van der Waals surface area contributed by atoms with Crippen molar-refractivity contribution in [3.8, 4) is 0 Å². The molecule has 2 atom stereocenters. The maximum Gasteiger partial charge on any atom is 0.304 e. The molecule has 0 aliphatic carbocycles. The maximum atomic E-state index is 10.7. The molecule has 15 heavy (non-hydrogen) atoms. The lowest BCUT2D eigenvalue weighted by atomic mass is 10.1. The molecule has 2 N–H and O–H groups in total. The van der Waals surface area contributed by atoms with Crippen molar-refractivity contribution in [3.63, 3.8) is 0 Å². The Balaban J connectivity index is 2.50. The van der Waals surface area contributed by atoms with Gasteiger partial charge in [0.15, 0.2) is 0 Å². The minimum Gasteiger partial charge on any atom is -0.481 e. The zero-order chi connectivity index (χ0) is 11.3. The van der Waals surface area contributed by atoms with Crippen molar-refractivity contribution >= 4 is 5.97 Å². The number of hydrogen-bond acceptors (Lipinski definition) is 3. The molecule has 0 aromatic carbocycles. The minimum atomic E-state index is -0.710. The standard InChI is InChI=1S/C11H22N2O2/c1-3-6-13-8-10(7-11(14)15)12-5-4-9(13)2/h9-10,12H,3-8H2,1-2H3,(H,14,15). The summed E-state index contributed by atoms with van der Waals surface area (Å²) >= 11 is 0. The highest BCUT2D eigenvalue weighted by molar-refractivity contribution is 5.67. The SMILES string of the molecule is CCCN1CC(CC(=O)O)NCCC1C. The second-order valence-electron chi connectivity index (χ2n) is 4.38. The van der Waals surface area contributed by atoms with Crippen LogP contribution in [0.4, 0.5) is 0 Å². The van der Waals surface area contributed by atoms with E-state index in [1.807, 2.05) is 0 Å². The molecule has 1 aliphatic rings. The Morgan fingerprint density at radius 1 is 1.60 bits per heavy atom. The van der Waals surface area contributed by atoms with E-state index in [4.69, 9.17) is 5.11 Å². The molecule has 0 bridgehead atoms. The fourth-order valence-electron chi connectivity index (χ4n) is 2.15. The molecule has 1 aliphatic heterocycles. The van der Waals surface area contributed by atoms with Gasteiger partial charge in [0, 0.05) is 18.6 Å². The van der Waals surface area contributed by atoms with Crippen LogP contribution in [0.1, 0.15) is 33.1 Å². The molecule has 0 spiro atoms. The molecule has 4 heteroatoms. The maximum absolute atomic E-state index is 10.7. The summed E-state index contributed by atoms with van der Waals surface area (Å²) < 4.78 is 0. The number of nitrogens with zero attached hydrogens (tertiary/aromatic N) is 1. The Morgan fingerprint density at radius 3 is 2.93 bits per heavy atom. The molecule has 0 radical (unpaired) electrons. The van der Waals surface area contributed by atoms with Gasteiger partial charge in [-0.3, -0.25) is 9.69 Å². The zero-order valence-electron chi connectivity index (χ0n) is 9.70. The Labute approximate surface area is 91.6 Å². The third-order valence-electron chi connectivity index (χ3n) is 3.01. The Hall–Kier alpha value is -0.610. The van der Waals surface area contributed by atoms with Crippen molar-refractivity contribution in [2.75, 3.05) is 19.6 Å². The van der Waals surface area contributed by atoms with Gasteiger partial charge < -0.3 is 10.4 Å². The van der Waals surface area contributed by atoms with E-state index in [2.05, 4.69) is 24.1 Å². The van der Waals surface area contributed by atoms with E-state index in [1.165, 1.54) is 0 Å². The van der Waals surface area contributed by atoms with Crippen LogP contribution < -0.4 is 5.32 Å². The quantitative estimate of drug-likeness (QED) is 0.731. The first-order valence-electron chi connectivity index (χ1n) is 5.82. The van der Waals surface area contributed by atoms with Crippen LogP contribution in [0.15, 0.2) is 0 Å². The minimum absolute atomic E-state index is 0.110. The van der Waals surface area contributed by atoms with Crippen molar-refractivity contribution in [2.24, 2.45) is 0 Å². The lowest BCUT2D eigenvalue weighted by Gasteiger charge is -2.28. The molecule has 1 fully saturated rings. The third-order valence-corrected chi connectivity index (χ3v) is 3.01. The zero-order valence-corrected chi connectivity index (χ0v) is 9.70. The van der Waals surface area contributed by atoms with Crippen molar-refractivity contribution in [3.05, 3.63) is 0 Å². The number of aliphatic carboxylic acids is 1. The average Bonchev–Trinajstić information content (AvgIpc) is 2.29. The van der Waals surface area contributed by atoms with E-state index in [0.29, 0.717) is 6.04 Å². The number of carboxylic acids is 1. The van der Waals surface area contributed by atoms with Gasteiger partial charge in [0.2, 0.25) is 0 Å². The second kappa shape index (κ2) is 6.08. The highest BCUT2D eigenvalue weighted by Crippen LogP contribution is 2.11. The number of hydrogen-bond donors (Lipinski definition) is 2. The van der Waals surface area contributed by atoms with E-state index in [0.717, 1.165) is 32.5 Å². The molecule has 1 heterocycles. The highest BCUT2D eigenvalue weighted by atomic mass is 16.4. The lowest BCUT2D eigenvalue weighted by Crippen LogP contribution is -2.41. The number of carboxylic acid groups (broad SMARTS) is 1. The highest BCUT2D eigenvalue weighted by Gasteiger charge is 2.23. The third kappa shape index (κ3) is 4.18. The smallest absolute Gasteiger partial charge is 0.304 e. The molecule has 0 amide bonds. The predicted molar refractivity (Wildman–Crippen MR) is 60.0 cm³/mol. The lowest BCUT2D eigenvalue weighted by molar-refractivity contribution is -0.137. The molecule has 4 nitrogen and oxygen atoms in total. The van der Waals surface area contributed by atoms with Gasteiger partial charge in [-0.15, -0.1) is 0 Å². The summed E-state index contributed by atoms with van der Waals surface area (Å²) in [5.74, 6) is -0.710. The Morgan fingerprint density at radius 2 is 2.33 bits per heavy atom. The number of rotatable bonds is 4. The normalized spacial score (nSPS) is 28.7. The Bertz CT molecular complexity index is 209. The monoisotopic (exact) mass is 214 g/mol. The summed E-state index contributed by atoms with van der Waals surface area (Å²) in [5, 5.41) is 12.1. The van der Waals surface area contributed by atoms with Gasteiger partial charge in [0.05, 0.1) is 6.42 Å². The molecule has 2 unspecified atom stereocenters. The van der Waals surface area contributed by atoms with Crippen molar-refractivity contribution in [1.29, 1.82) is 0 Å². The largest absolute Gasteiger partial charge is 0.481 e. The van der Waals surface area contributed by atoms with Crippen LogP contribution in [-0.2, 0) is 4.79 Å². The van der Waals surface area contributed by atoms with Gasteiger partial charge in [-0.1, -0.05) is 6.92 Å². The first-order valence-corrected chi connectivity index (χ1v) is 5.82. The van der Waals surface area contributed by atoms with Crippen molar-refractivity contribution < 1.29 is 9.90 Å². The van der Waals surface area contributed by atoms with Crippen LogP contribution in [0.3, 0.4) is 0 Å². The summed E-state index contributed by atoms with van der Waals surface area (Å²) in [4.78, 5) is 13.1. The molecule has 1 saturated heterocycles. The van der Waals surface area contributed by atoms with E-state index in [1.54, 1.807) is 0 Å². The van der Waals surface area contributed by atoms with E-state index >= 15 is 0 Å². The number of nitrogens with one attached hydrogen (secondary N) is 1. The van der Waals surface area contributed by atoms with Gasteiger partial charge >= 0.3 is 5.97 Å². The van der Waals surface area contributed by atoms with Gasteiger partial charge in [0.25, 0.3) is 0 Å². The van der Waals surface area contributed by atoms with E-state index < -0.39 is 5.97 Å². The van der Waals surface area contributed by atoms with Gasteiger partial charge in [-0.25, -0.2) is 0 Å². The van der Waals surface area contributed by atoms with E-state index in [-0.39, 0.29) is 12.5 Å². The van der Waals surface area contributed by atoms with Crippen LogP contribution in [0.5, 0.6) is 0 Å². The summed E-state index contributed by atoms with van der Waals surface area (Å²) in [5.41, 5.74) is 0. The van der Waals surface area contributed by atoms with Crippen molar-refractivity contribution in [1.82, 2.24) is 10.2 Å². The van der Waals surface area contributed by atoms with Crippen LogP contribution in [0.25, 0.3) is 0 Å². The molecule has 88 valence electrons. The molecular weight excluding hydrogens is 192 g/mol. The summed E-state index contributed by atoms with van der Waals surface area (Å²) in [7, 11) is 0. The Kier molecular flexibility index (Phi) is 5.05. The van der Waals surface area contributed by atoms with Crippen LogP contribution in [0.2, 0.25) is 0 Å². The van der Waals surface area contributed by atoms with Gasteiger partial charge in [-0.2, -0.15) is 0 Å². The average molecular weight is 214 g/mol. The van der Waals surface area contributed by atoms with Crippen LogP contribution in [-0.4, -0.2) is 47.7 Å². The molecule has 0 saturated carbocycles. The fraction of sp³-hybridized carbons (Fsp3) is 0.909. The fourth-order valence-corrected chi connectivity index (χ4v) is 2.15. The first-order chi connectivity index (χ1) is 7.13. The van der Waals surface area contributed by atoms with Crippen molar-refractivity contribution in [2.45, 2.75) is 45.2 Å². The van der Waals surface area contributed by atoms with Crippen LogP contribution >= 0.6 is 0 Å². The van der Waals surface area contributed by atoms with Crippen LogP contribution in [0, 0.1) is 0 Å². The second-order valence-corrected chi connectivity index (χ2v) is 4.38. The topological polar surface area (TPSA) is 52.6 Å². The molecule has 1 rings (SSSR count).